The van der Waals surface area contributed by atoms with Gasteiger partial charge in [-0.2, -0.15) is 0 Å². The van der Waals surface area contributed by atoms with Crippen LogP contribution in [0.2, 0.25) is 0 Å². The molecule has 0 aliphatic rings. The van der Waals surface area contributed by atoms with Gasteiger partial charge >= 0.3 is 21.2 Å². The fraction of sp³-hybridized carbons (Fsp3) is 0.400. The summed E-state index contributed by atoms with van der Waals surface area (Å²) in [4.78, 5) is 0. The second-order valence-corrected chi connectivity index (χ2v) is 10.4. The molecule has 2 heteroatoms. The predicted octanol–water partition coefficient (Wildman–Crippen LogP) is 2.23. The minimum Gasteiger partial charge on any atom is -0.870 e. The van der Waals surface area contributed by atoms with Crippen molar-refractivity contribution in [2.45, 2.75) is 52.4 Å². The Morgan fingerprint density at radius 1 is 0.591 bits per heavy atom. The molecule has 0 aliphatic carbocycles. The molecule has 0 heterocycles. The van der Waals surface area contributed by atoms with Crippen LogP contribution in [0.15, 0.2) is 48.5 Å². The maximum absolute atomic E-state index is 2.33. The van der Waals surface area contributed by atoms with Crippen molar-refractivity contribution >= 4 is 0 Å². The lowest BCUT2D eigenvalue weighted by Gasteiger charge is -2.20. The maximum Gasteiger partial charge on any atom is 0.358 e. The van der Waals surface area contributed by atoms with Crippen LogP contribution in [-0.4, -0.2) is 5.48 Å². The average molecular weight is 410 g/mol. The van der Waals surface area contributed by atoms with E-state index in [9.17, 15) is 0 Å². The molecule has 0 aliphatic heterocycles. The molecule has 0 unspecified atom stereocenters. The molecular weight excluding hydrogens is 383 g/mol. The standard InChI is InChI=1S/C20H26I.H2O/c1-19(2,3)15-11-7-9-13-17(15)21-18-14-10-8-12-16(18)20(4,5)6;/h7-14H,1-6H3;1H2/q+1;/p-1. The topological polar surface area (TPSA) is 30.0 Å². The second kappa shape index (κ2) is 7.14. The van der Waals surface area contributed by atoms with E-state index in [-0.39, 0.29) is 37.5 Å². The van der Waals surface area contributed by atoms with E-state index in [1.54, 1.807) is 7.14 Å². The molecule has 2 aromatic rings. The Morgan fingerprint density at radius 3 is 1.23 bits per heavy atom. The van der Waals surface area contributed by atoms with Crippen molar-refractivity contribution in [3.05, 3.63) is 66.8 Å². The monoisotopic (exact) mass is 410 g/mol. The Morgan fingerprint density at radius 2 is 0.909 bits per heavy atom. The highest BCUT2D eigenvalue weighted by atomic mass is 127. The van der Waals surface area contributed by atoms with Crippen molar-refractivity contribution in [2.75, 3.05) is 0 Å². The molecule has 1 nitrogen and oxygen atoms in total. The van der Waals surface area contributed by atoms with Crippen molar-refractivity contribution in [3.8, 4) is 0 Å². The van der Waals surface area contributed by atoms with Crippen LogP contribution in [0.3, 0.4) is 0 Å². The second-order valence-electron chi connectivity index (χ2n) is 7.55. The van der Waals surface area contributed by atoms with Crippen LogP contribution >= 0.6 is 0 Å². The molecule has 0 bridgehead atoms. The van der Waals surface area contributed by atoms with Gasteiger partial charge in [0.15, 0.2) is 7.14 Å². The molecule has 0 spiro atoms. The number of hydrogen-bond acceptors (Lipinski definition) is 1. The lowest BCUT2D eigenvalue weighted by molar-refractivity contribution is -0.599. The highest BCUT2D eigenvalue weighted by Gasteiger charge is 2.30. The van der Waals surface area contributed by atoms with Gasteiger partial charge in [-0.25, -0.2) is 0 Å². The van der Waals surface area contributed by atoms with Crippen molar-refractivity contribution in [2.24, 2.45) is 0 Å². The molecule has 0 aromatic heterocycles. The largest absolute Gasteiger partial charge is 0.870 e. The molecule has 0 atom stereocenters. The Hall–Kier alpha value is -0.870. The molecule has 120 valence electrons. The zero-order chi connectivity index (χ0) is 15.7. The van der Waals surface area contributed by atoms with Gasteiger partial charge < -0.3 is 5.48 Å². The van der Waals surface area contributed by atoms with Gasteiger partial charge in [0, 0.05) is 11.1 Å². The summed E-state index contributed by atoms with van der Waals surface area (Å²) in [7, 11) is 0. The van der Waals surface area contributed by atoms with Crippen LogP contribution in [0.5, 0.6) is 0 Å². The summed E-state index contributed by atoms with van der Waals surface area (Å²) in [6, 6.07) is 18.0. The average Bonchev–Trinajstić information content (AvgIpc) is 2.37. The molecule has 0 fully saturated rings. The van der Waals surface area contributed by atoms with E-state index in [2.05, 4.69) is 90.1 Å². The van der Waals surface area contributed by atoms with Crippen molar-refractivity contribution in [1.82, 2.24) is 0 Å². The van der Waals surface area contributed by atoms with Crippen LogP contribution in [0.4, 0.5) is 0 Å². The Balaban J connectivity index is 0.00000242. The van der Waals surface area contributed by atoms with E-state index in [0.29, 0.717) is 0 Å². The van der Waals surface area contributed by atoms with Gasteiger partial charge in [-0.15, -0.1) is 0 Å². The third kappa shape index (κ3) is 4.56. The molecule has 0 saturated carbocycles. The lowest BCUT2D eigenvalue weighted by atomic mass is 9.87. The summed E-state index contributed by atoms with van der Waals surface area (Å²) in [5.41, 5.74) is 3.43. The summed E-state index contributed by atoms with van der Waals surface area (Å²) in [6.07, 6.45) is 0. The van der Waals surface area contributed by atoms with Gasteiger partial charge in [-0.3, -0.25) is 0 Å². The van der Waals surface area contributed by atoms with E-state index in [0.717, 1.165) is 0 Å². The molecular formula is C20H27IO. The summed E-state index contributed by atoms with van der Waals surface area (Å²) in [5, 5.41) is 0. The van der Waals surface area contributed by atoms with E-state index in [1.165, 1.54) is 11.1 Å². The first-order valence-electron chi connectivity index (χ1n) is 7.53. The Labute approximate surface area is 145 Å². The SMILES string of the molecule is CC(C)(C)c1ccccc1[I+]c1ccccc1C(C)(C)C.[OH-]. The fourth-order valence-electron chi connectivity index (χ4n) is 2.41. The number of halogens is 1. The van der Waals surface area contributed by atoms with Crippen LogP contribution in [0.1, 0.15) is 52.7 Å². The Kier molecular flexibility index (Phi) is 6.22. The molecule has 0 radical (unpaired) electrons. The summed E-state index contributed by atoms with van der Waals surface area (Å²) >= 11 is -0.147. The van der Waals surface area contributed by atoms with E-state index < -0.39 is 0 Å². The first kappa shape index (κ1) is 19.2. The molecule has 2 rings (SSSR count). The quantitative estimate of drug-likeness (QED) is 0.699. The van der Waals surface area contributed by atoms with Crippen molar-refractivity contribution < 1.29 is 26.7 Å². The minimum atomic E-state index is -0.147. The molecule has 1 N–H and O–H groups in total. The first-order valence-corrected chi connectivity index (χ1v) is 9.69. The molecule has 2 aromatic carbocycles. The number of benzene rings is 2. The Bertz CT molecular complexity index is 563. The third-order valence-corrected chi connectivity index (χ3v) is 6.61. The lowest BCUT2D eigenvalue weighted by Crippen LogP contribution is -3.62. The van der Waals surface area contributed by atoms with Gasteiger partial charge in [-0.05, 0) is 23.0 Å². The molecule has 0 saturated heterocycles. The zero-order valence-corrected chi connectivity index (χ0v) is 16.6. The van der Waals surface area contributed by atoms with Gasteiger partial charge in [0.05, 0.1) is 0 Å². The van der Waals surface area contributed by atoms with Gasteiger partial charge in [0.1, 0.15) is 0 Å². The fourth-order valence-corrected chi connectivity index (χ4v) is 6.37. The normalized spacial score (nSPS) is 11.9. The predicted molar refractivity (Wildman–Crippen MR) is 89.6 cm³/mol. The smallest absolute Gasteiger partial charge is 0.358 e. The van der Waals surface area contributed by atoms with Crippen LogP contribution in [0.25, 0.3) is 0 Å². The van der Waals surface area contributed by atoms with Gasteiger partial charge in [-0.1, -0.05) is 77.9 Å². The zero-order valence-electron chi connectivity index (χ0n) is 14.4. The summed E-state index contributed by atoms with van der Waals surface area (Å²) in [5.74, 6) is 0. The van der Waals surface area contributed by atoms with Crippen molar-refractivity contribution in [1.29, 1.82) is 0 Å². The van der Waals surface area contributed by atoms with Gasteiger partial charge in [0.25, 0.3) is 0 Å². The highest BCUT2D eigenvalue weighted by molar-refractivity contribution is 5.24. The minimum absolute atomic E-state index is 0. The van der Waals surface area contributed by atoms with Crippen LogP contribution < -0.4 is 21.2 Å². The van der Waals surface area contributed by atoms with E-state index in [1.807, 2.05) is 0 Å². The highest BCUT2D eigenvalue weighted by Crippen LogP contribution is 2.23. The van der Waals surface area contributed by atoms with E-state index in [4.69, 9.17) is 0 Å². The maximum atomic E-state index is 2.33. The van der Waals surface area contributed by atoms with Gasteiger partial charge in [0.2, 0.25) is 0 Å². The third-order valence-electron chi connectivity index (χ3n) is 3.57. The summed E-state index contributed by atoms with van der Waals surface area (Å²) in [6.45, 7) is 13.9. The molecule has 22 heavy (non-hydrogen) atoms. The van der Waals surface area contributed by atoms with Crippen molar-refractivity contribution in [3.63, 3.8) is 0 Å². The number of hydrogen-bond donors (Lipinski definition) is 0. The number of rotatable bonds is 2. The van der Waals surface area contributed by atoms with Crippen LogP contribution in [-0.2, 0) is 10.8 Å². The molecule has 0 amide bonds. The van der Waals surface area contributed by atoms with E-state index >= 15 is 0 Å². The van der Waals surface area contributed by atoms with Crippen LogP contribution in [0, 0.1) is 7.14 Å². The summed E-state index contributed by atoms with van der Waals surface area (Å²) < 4.78 is 3.11. The first-order chi connectivity index (χ1) is 9.69.